The highest BCUT2D eigenvalue weighted by Crippen LogP contribution is 2.19. The molecule has 0 saturated heterocycles. The van der Waals surface area contributed by atoms with E-state index < -0.39 is 23.6 Å². The van der Waals surface area contributed by atoms with E-state index in [1.54, 1.807) is 0 Å². The van der Waals surface area contributed by atoms with Crippen molar-refractivity contribution in [1.82, 2.24) is 0 Å². The van der Waals surface area contributed by atoms with Gasteiger partial charge in [-0.15, -0.1) is 12.4 Å². The van der Waals surface area contributed by atoms with E-state index in [1.165, 1.54) is 7.11 Å². The van der Waals surface area contributed by atoms with Crippen molar-refractivity contribution >= 4 is 18.4 Å². The van der Waals surface area contributed by atoms with Gasteiger partial charge in [-0.25, -0.2) is 8.78 Å². The highest BCUT2D eigenvalue weighted by atomic mass is 35.5. The first-order valence-electron chi connectivity index (χ1n) is 4.32. The normalized spacial score (nSPS) is 11.5. The van der Waals surface area contributed by atoms with Gasteiger partial charge in [-0.1, -0.05) is 0 Å². The van der Waals surface area contributed by atoms with E-state index >= 15 is 0 Å². The van der Waals surface area contributed by atoms with E-state index in [0.29, 0.717) is 0 Å². The largest absolute Gasteiger partial charge is 0.469 e. The second kappa shape index (κ2) is 6.40. The first-order chi connectivity index (χ1) is 7.04. The molecule has 16 heavy (non-hydrogen) atoms. The summed E-state index contributed by atoms with van der Waals surface area (Å²) in [6.07, 6.45) is -0.184. The number of carbonyl (C=O) groups excluding carboxylic acids is 1. The minimum absolute atomic E-state index is 0. The quantitative estimate of drug-likeness (QED) is 0.836. The fourth-order valence-electron chi connectivity index (χ4n) is 1.17. The lowest BCUT2D eigenvalue weighted by molar-refractivity contribution is -0.141. The van der Waals surface area contributed by atoms with Crippen LogP contribution in [-0.2, 0) is 9.53 Å². The van der Waals surface area contributed by atoms with E-state index in [9.17, 15) is 13.6 Å². The second-order valence-corrected chi connectivity index (χ2v) is 3.05. The summed E-state index contributed by atoms with van der Waals surface area (Å²) in [7, 11) is 1.21. The highest BCUT2D eigenvalue weighted by Gasteiger charge is 2.16. The molecule has 0 fully saturated rings. The van der Waals surface area contributed by atoms with Gasteiger partial charge in [-0.05, 0) is 18.2 Å². The van der Waals surface area contributed by atoms with Crippen LogP contribution in [0.3, 0.4) is 0 Å². The highest BCUT2D eigenvalue weighted by molar-refractivity contribution is 5.85. The Morgan fingerprint density at radius 1 is 1.50 bits per heavy atom. The molecule has 0 radical (unpaired) electrons. The Labute approximate surface area is 98.0 Å². The Hall–Kier alpha value is -1.20. The number of benzene rings is 1. The fourth-order valence-corrected chi connectivity index (χ4v) is 1.17. The van der Waals surface area contributed by atoms with Gasteiger partial charge < -0.3 is 10.5 Å². The molecule has 1 rings (SSSR count). The third-order valence-corrected chi connectivity index (χ3v) is 1.97. The summed E-state index contributed by atoms with van der Waals surface area (Å²) < 4.78 is 30.3. The summed E-state index contributed by atoms with van der Waals surface area (Å²) in [6.45, 7) is 0. The number of carbonyl (C=O) groups is 1. The third kappa shape index (κ3) is 3.75. The molecule has 1 aromatic carbocycles. The Bertz CT molecular complexity index is 374. The van der Waals surface area contributed by atoms with Crippen molar-refractivity contribution in [3.05, 3.63) is 35.4 Å². The molecule has 0 aliphatic rings. The molecule has 0 aliphatic heterocycles. The van der Waals surface area contributed by atoms with Crippen LogP contribution in [0.1, 0.15) is 18.0 Å². The average molecular weight is 252 g/mol. The number of esters is 1. The number of halogens is 3. The van der Waals surface area contributed by atoms with Gasteiger partial charge in [0.25, 0.3) is 0 Å². The van der Waals surface area contributed by atoms with Crippen LogP contribution < -0.4 is 5.73 Å². The van der Waals surface area contributed by atoms with E-state index in [2.05, 4.69) is 4.74 Å². The predicted molar refractivity (Wildman–Crippen MR) is 57.2 cm³/mol. The molecule has 0 saturated carbocycles. The van der Waals surface area contributed by atoms with Crippen LogP contribution in [0.4, 0.5) is 8.78 Å². The molecule has 0 aromatic heterocycles. The summed E-state index contributed by atoms with van der Waals surface area (Å²) in [5.74, 6) is -1.79. The SMILES string of the molecule is COC(=O)C[C@H](N)c1cc(F)ccc1F.Cl. The minimum Gasteiger partial charge on any atom is -0.469 e. The maximum Gasteiger partial charge on any atom is 0.307 e. The topological polar surface area (TPSA) is 52.3 Å². The molecule has 0 bridgehead atoms. The monoisotopic (exact) mass is 251 g/mol. The number of rotatable bonds is 3. The molecule has 1 aromatic rings. The van der Waals surface area contributed by atoms with Crippen molar-refractivity contribution in [2.75, 3.05) is 7.11 Å². The summed E-state index contributed by atoms with van der Waals surface area (Å²) in [6, 6.07) is 2.04. The summed E-state index contributed by atoms with van der Waals surface area (Å²) >= 11 is 0. The van der Waals surface area contributed by atoms with Crippen LogP contribution >= 0.6 is 12.4 Å². The maximum atomic E-state index is 13.2. The van der Waals surface area contributed by atoms with Gasteiger partial charge in [0.1, 0.15) is 11.6 Å². The van der Waals surface area contributed by atoms with Crippen molar-refractivity contribution in [3.8, 4) is 0 Å². The zero-order valence-corrected chi connectivity index (χ0v) is 9.39. The molecule has 1 atom stereocenters. The lowest BCUT2D eigenvalue weighted by atomic mass is 10.0. The van der Waals surface area contributed by atoms with Crippen LogP contribution in [-0.4, -0.2) is 13.1 Å². The Morgan fingerprint density at radius 3 is 2.69 bits per heavy atom. The van der Waals surface area contributed by atoms with Crippen molar-refractivity contribution in [1.29, 1.82) is 0 Å². The summed E-state index contributed by atoms with van der Waals surface area (Å²) in [4.78, 5) is 10.9. The molecular weight excluding hydrogens is 240 g/mol. The molecule has 6 heteroatoms. The maximum absolute atomic E-state index is 13.2. The molecule has 0 unspecified atom stereocenters. The van der Waals surface area contributed by atoms with Crippen LogP contribution in [0.5, 0.6) is 0 Å². The van der Waals surface area contributed by atoms with Gasteiger partial charge in [0, 0.05) is 11.6 Å². The van der Waals surface area contributed by atoms with Gasteiger partial charge in [0.05, 0.1) is 13.5 Å². The Kier molecular flexibility index (Phi) is 5.92. The third-order valence-electron chi connectivity index (χ3n) is 1.97. The lowest BCUT2D eigenvalue weighted by Gasteiger charge is -2.11. The zero-order chi connectivity index (χ0) is 11.4. The summed E-state index contributed by atoms with van der Waals surface area (Å²) in [5, 5.41) is 0. The van der Waals surface area contributed by atoms with Gasteiger partial charge in [-0.3, -0.25) is 4.79 Å². The van der Waals surface area contributed by atoms with Crippen molar-refractivity contribution in [2.45, 2.75) is 12.5 Å². The fraction of sp³-hybridized carbons (Fsp3) is 0.300. The molecule has 0 aliphatic carbocycles. The van der Waals surface area contributed by atoms with Crippen LogP contribution in [0.15, 0.2) is 18.2 Å². The van der Waals surface area contributed by atoms with E-state index in [1.807, 2.05) is 0 Å². The van der Waals surface area contributed by atoms with E-state index in [4.69, 9.17) is 5.73 Å². The molecular formula is C10H12ClF2NO2. The molecule has 3 nitrogen and oxygen atoms in total. The first kappa shape index (κ1) is 14.8. The number of nitrogens with two attached hydrogens (primary N) is 1. The predicted octanol–water partition coefficient (Wildman–Crippen LogP) is 1.95. The van der Waals surface area contributed by atoms with Gasteiger partial charge >= 0.3 is 5.97 Å². The number of hydrogen-bond acceptors (Lipinski definition) is 3. The number of methoxy groups -OCH3 is 1. The second-order valence-electron chi connectivity index (χ2n) is 3.05. The van der Waals surface area contributed by atoms with Gasteiger partial charge in [0.2, 0.25) is 0 Å². The average Bonchev–Trinajstić information content (AvgIpc) is 2.21. The van der Waals surface area contributed by atoms with Crippen molar-refractivity contribution < 1.29 is 18.3 Å². The molecule has 0 amide bonds. The van der Waals surface area contributed by atoms with Crippen LogP contribution in [0.25, 0.3) is 0 Å². The Morgan fingerprint density at radius 2 is 2.12 bits per heavy atom. The summed E-state index contributed by atoms with van der Waals surface area (Å²) in [5.41, 5.74) is 5.51. The minimum atomic E-state index is -0.895. The standard InChI is InChI=1S/C10H11F2NO2.ClH/c1-15-10(14)5-9(13)7-4-6(11)2-3-8(7)12;/h2-4,9H,5,13H2,1H3;1H/t9-;/m0./s1. The van der Waals surface area contributed by atoms with E-state index in [0.717, 1.165) is 18.2 Å². The Balaban J connectivity index is 0.00000225. The van der Waals surface area contributed by atoms with Crippen LogP contribution in [0, 0.1) is 11.6 Å². The van der Waals surface area contributed by atoms with Gasteiger partial charge in [0.15, 0.2) is 0 Å². The lowest BCUT2D eigenvalue weighted by Crippen LogP contribution is -2.17. The number of hydrogen-bond donors (Lipinski definition) is 1. The number of ether oxygens (including phenoxy) is 1. The van der Waals surface area contributed by atoms with Crippen molar-refractivity contribution in [3.63, 3.8) is 0 Å². The molecule has 2 N–H and O–H groups in total. The first-order valence-corrected chi connectivity index (χ1v) is 4.32. The smallest absolute Gasteiger partial charge is 0.307 e. The molecule has 0 heterocycles. The van der Waals surface area contributed by atoms with Crippen LogP contribution in [0.2, 0.25) is 0 Å². The van der Waals surface area contributed by atoms with Gasteiger partial charge in [-0.2, -0.15) is 0 Å². The molecule has 90 valence electrons. The molecule has 0 spiro atoms. The van der Waals surface area contributed by atoms with Crippen molar-refractivity contribution in [2.24, 2.45) is 5.73 Å². The van der Waals surface area contributed by atoms with E-state index in [-0.39, 0.29) is 24.4 Å². The zero-order valence-electron chi connectivity index (χ0n) is 8.57.